The van der Waals surface area contributed by atoms with Crippen molar-refractivity contribution in [1.82, 2.24) is 15.2 Å². The van der Waals surface area contributed by atoms with Crippen LogP contribution in [-0.2, 0) is 0 Å². The zero-order valence-corrected chi connectivity index (χ0v) is 11.3. The number of aromatic nitrogens is 3. The van der Waals surface area contributed by atoms with Crippen molar-refractivity contribution in [2.75, 3.05) is 5.43 Å². The van der Waals surface area contributed by atoms with E-state index in [-0.39, 0.29) is 17.2 Å². The van der Waals surface area contributed by atoms with E-state index in [0.29, 0.717) is 15.6 Å². The maximum atomic E-state index is 11.3. The van der Waals surface area contributed by atoms with Crippen LogP contribution < -0.4 is 11.0 Å². The third-order valence-corrected chi connectivity index (χ3v) is 2.88. The molecule has 1 aromatic heterocycles. The molecule has 2 aromatic rings. The first-order valence-corrected chi connectivity index (χ1v) is 6.00. The lowest BCUT2D eigenvalue weighted by Gasteiger charge is -2.01. The number of aryl methyl sites for hydroxylation is 1. The lowest BCUT2D eigenvalue weighted by Crippen LogP contribution is -2.15. The second-order valence-corrected chi connectivity index (χ2v) is 4.41. The summed E-state index contributed by atoms with van der Waals surface area (Å²) in [7, 11) is 0. The molecule has 8 heteroatoms. The van der Waals surface area contributed by atoms with Gasteiger partial charge >= 0.3 is 0 Å². The van der Waals surface area contributed by atoms with E-state index in [1.54, 1.807) is 25.1 Å². The Bertz CT molecular complexity index is 663. The third kappa shape index (κ3) is 3.30. The van der Waals surface area contributed by atoms with E-state index < -0.39 is 0 Å². The molecule has 0 spiro atoms. The lowest BCUT2D eigenvalue weighted by atomic mass is 10.2. The number of hydrogen-bond donors (Lipinski definition) is 2. The second-order valence-electron chi connectivity index (χ2n) is 3.59. The molecule has 2 N–H and O–H groups in total. The van der Waals surface area contributed by atoms with Crippen molar-refractivity contribution in [2.45, 2.75) is 6.92 Å². The number of anilines is 1. The van der Waals surface area contributed by atoms with E-state index in [9.17, 15) is 4.79 Å². The summed E-state index contributed by atoms with van der Waals surface area (Å²) >= 11 is 11.9. The fourth-order valence-corrected chi connectivity index (χ4v) is 1.73. The average molecular weight is 298 g/mol. The van der Waals surface area contributed by atoms with Gasteiger partial charge < -0.3 is 0 Å². The van der Waals surface area contributed by atoms with Crippen LogP contribution in [0.25, 0.3) is 0 Å². The van der Waals surface area contributed by atoms with E-state index in [0.717, 1.165) is 0 Å². The Balaban J connectivity index is 2.16. The van der Waals surface area contributed by atoms with E-state index in [1.807, 2.05) is 0 Å². The summed E-state index contributed by atoms with van der Waals surface area (Å²) in [5.74, 6) is 0.134. The summed E-state index contributed by atoms with van der Waals surface area (Å²) in [5.41, 5.74) is 3.06. The van der Waals surface area contributed by atoms with Gasteiger partial charge in [-0.25, -0.2) is 5.43 Å². The molecule has 0 aliphatic rings. The number of halogens is 2. The molecule has 1 aromatic carbocycles. The molecule has 2 rings (SSSR count). The summed E-state index contributed by atoms with van der Waals surface area (Å²) < 4.78 is 0. The van der Waals surface area contributed by atoms with Gasteiger partial charge in [-0.3, -0.25) is 9.78 Å². The molecular weight excluding hydrogens is 289 g/mol. The van der Waals surface area contributed by atoms with Crippen LogP contribution in [0.2, 0.25) is 10.0 Å². The summed E-state index contributed by atoms with van der Waals surface area (Å²) in [4.78, 5) is 13.8. The minimum atomic E-state index is -0.330. The van der Waals surface area contributed by atoms with E-state index in [4.69, 9.17) is 23.2 Å². The quantitative estimate of drug-likeness (QED) is 0.672. The molecule has 0 fully saturated rings. The van der Waals surface area contributed by atoms with Gasteiger partial charge in [-0.05, 0) is 19.1 Å². The number of aromatic amines is 1. The first-order valence-electron chi connectivity index (χ1n) is 5.24. The van der Waals surface area contributed by atoms with Gasteiger partial charge in [0.1, 0.15) is 5.69 Å². The van der Waals surface area contributed by atoms with Crippen LogP contribution in [0.15, 0.2) is 28.1 Å². The minimum Gasteiger partial charge on any atom is -0.288 e. The van der Waals surface area contributed by atoms with Crippen LogP contribution in [0.3, 0.4) is 0 Å². The Morgan fingerprint density at radius 3 is 2.63 bits per heavy atom. The molecule has 0 aliphatic carbocycles. The van der Waals surface area contributed by atoms with Gasteiger partial charge in [0, 0.05) is 5.56 Å². The van der Waals surface area contributed by atoms with Crippen molar-refractivity contribution in [3.8, 4) is 0 Å². The molecule has 19 heavy (non-hydrogen) atoms. The van der Waals surface area contributed by atoms with Crippen LogP contribution in [0.5, 0.6) is 0 Å². The van der Waals surface area contributed by atoms with Crippen LogP contribution in [0, 0.1) is 6.92 Å². The number of hydrogen-bond acceptors (Lipinski definition) is 5. The van der Waals surface area contributed by atoms with E-state index >= 15 is 0 Å². The van der Waals surface area contributed by atoms with Gasteiger partial charge in [-0.2, -0.15) is 5.10 Å². The molecule has 0 bridgehead atoms. The molecule has 0 aliphatic heterocycles. The van der Waals surface area contributed by atoms with Crippen LogP contribution in [0.1, 0.15) is 11.3 Å². The molecule has 0 unspecified atom stereocenters. The standard InChI is InChI=1S/C11H9Cl2N5O/c1-6-10(19)15-11(18-16-6)17-14-5-7-8(12)3-2-4-9(7)13/h2-5H,1H3,(H2,15,17,18,19)/b14-5-. The Morgan fingerprint density at radius 2 is 2.00 bits per heavy atom. The average Bonchev–Trinajstić information content (AvgIpc) is 2.37. The van der Waals surface area contributed by atoms with Crippen molar-refractivity contribution < 1.29 is 0 Å². The highest BCUT2D eigenvalue weighted by Crippen LogP contribution is 2.22. The van der Waals surface area contributed by atoms with Crippen LogP contribution in [0.4, 0.5) is 5.95 Å². The summed E-state index contributed by atoms with van der Waals surface area (Å²) in [6.45, 7) is 1.56. The minimum absolute atomic E-state index is 0.134. The van der Waals surface area contributed by atoms with E-state index in [1.165, 1.54) is 6.21 Å². The number of nitrogens with zero attached hydrogens (tertiary/aromatic N) is 3. The fraction of sp³-hybridized carbons (Fsp3) is 0.0909. The first-order chi connectivity index (χ1) is 9.08. The molecular formula is C11H9Cl2N5O. The van der Waals surface area contributed by atoms with Crippen molar-refractivity contribution >= 4 is 35.4 Å². The van der Waals surface area contributed by atoms with Gasteiger partial charge in [0.15, 0.2) is 0 Å². The molecule has 1 heterocycles. The smallest absolute Gasteiger partial charge is 0.274 e. The number of benzene rings is 1. The van der Waals surface area contributed by atoms with Gasteiger partial charge in [0.25, 0.3) is 5.56 Å². The third-order valence-electron chi connectivity index (χ3n) is 2.22. The molecule has 0 radical (unpaired) electrons. The Labute approximate surface area is 118 Å². The molecule has 0 saturated carbocycles. The molecule has 6 nitrogen and oxygen atoms in total. The largest absolute Gasteiger partial charge is 0.288 e. The van der Waals surface area contributed by atoms with Crippen LogP contribution in [-0.4, -0.2) is 21.4 Å². The Hall–Kier alpha value is -1.92. The maximum absolute atomic E-state index is 11.3. The van der Waals surface area contributed by atoms with Gasteiger partial charge in [0.05, 0.1) is 16.3 Å². The highest BCUT2D eigenvalue weighted by Gasteiger charge is 2.02. The topological polar surface area (TPSA) is 83.0 Å². The molecule has 0 amide bonds. The molecule has 0 saturated heterocycles. The van der Waals surface area contributed by atoms with Gasteiger partial charge in [-0.1, -0.05) is 29.3 Å². The molecule has 0 atom stereocenters. The number of H-pyrrole nitrogens is 1. The van der Waals surface area contributed by atoms with Crippen molar-refractivity contribution in [3.63, 3.8) is 0 Å². The monoisotopic (exact) mass is 297 g/mol. The number of rotatable bonds is 3. The highest BCUT2D eigenvalue weighted by atomic mass is 35.5. The lowest BCUT2D eigenvalue weighted by molar-refractivity contribution is 0.897. The van der Waals surface area contributed by atoms with Crippen molar-refractivity contribution in [3.05, 3.63) is 49.9 Å². The number of nitrogens with one attached hydrogen (secondary N) is 2. The summed E-state index contributed by atoms with van der Waals surface area (Å²) in [6.07, 6.45) is 1.44. The maximum Gasteiger partial charge on any atom is 0.274 e. The SMILES string of the molecule is Cc1nnc(N/N=C\c2c(Cl)cccc2Cl)[nH]c1=O. The van der Waals surface area contributed by atoms with Crippen molar-refractivity contribution in [2.24, 2.45) is 5.10 Å². The zero-order valence-electron chi connectivity index (χ0n) is 9.82. The second kappa shape index (κ2) is 5.81. The summed E-state index contributed by atoms with van der Waals surface area (Å²) in [5, 5.41) is 12.2. The van der Waals surface area contributed by atoms with Gasteiger partial charge in [-0.15, -0.1) is 10.2 Å². The molecule has 98 valence electrons. The predicted molar refractivity (Wildman–Crippen MR) is 75.1 cm³/mol. The van der Waals surface area contributed by atoms with Crippen molar-refractivity contribution in [1.29, 1.82) is 0 Å². The summed E-state index contributed by atoms with van der Waals surface area (Å²) in [6, 6.07) is 5.13. The van der Waals surface area contributed by atoms with E-state index in [2.05, 4.69) is 25.7 Å². The normalized spacial score (nSPS) is 10.9. The highest BCUT2D eigenvalue weighted by molar-refractivity contribution is 6.38. The number of hydrazone groups is 1. The fourth-order valence-electron chi connectivity index (χ4n) is 1.24. The Kier molecular flexibility index (Phi) is 4.13. The first kappa shape index (κ1) is 13.5. The van der Waals surface area contributed by atoms with Crippen LogP contribution >= 0.6 is 23.2 Å². The zero-order chi connectivity index (χ0) is 13.8. The Morgan fingerprint density at radius 1 is 1.32 bits per heavy atom. The predicted octanol–water partition coefficient (Wildman–Crippen LogP) is 2.23. The van der Waals surface area contributed by atoms with Gasteiger partial charge in [0.2, 0.25) is 5.95 Å².